The van der Waals surface area contributed by atoms with Gasteiger partial charge in [0.25, 0.3) is 5.91 Å². The third-order valence-corrected chi connectivity index (χ3v) is 3.80. The van der Waals surface area contributed by atoms with E-state index >= 15 is 0 Å². The minimum Gasteiger partial charge on any atom is -0.494 e. The quantitative estimate of drug-likeness (QED) is 0.684. The summed E-state index contributed by atoms with van der Waals surface area (Å²) in [4.78, 5) is 34.3. The average Bonchev–Trinajstić information content (AvgIpc) is 2.46. The molecule has 23 heavy (non-hydrogen) atoms. The highest BCUT2D eigenvalue weighted by Crippen LogP contribution is 2.34. The molecule has 0 aliphatic rings. The number of benzene rings is 1. The summed E-state index contributed by atoms with van der Waals surface area (Å²) in [6.45, 7) is 0.819. The van der Waals surface area contributed by atoms with E-state index in [1.807, 2.05) is 0 Å². The van der Waals surface area contributed by atoms with E-state index in [1.54, 1.807) is 0 Å². The van der Waals surface area contributed by atoms with Gasteiger partial charge in [0, 0.05) is 6.54 Å². The van der Waals surface area contributed by atoms with E-state index in [0.717, 1.165) is 0 Å². The number of halogens is 2. The number of carbonyl (C=O) groups is 3. The van der Waals surface area contributed by atoms with Crippen LogP contribution < -0.4 is 10.1 Å². The molecule has 0 heterocycles. The minimum absolute atomic E-state index is 0.0481. The number of hydrogen-bond donors (Lipinski definition) is 3. The number of amides is 1. The number of rotatable bonds is 7. The third kappa shape index (κ3) is 4.49. The lowest BCUT2D eigenvalue weighted by Crippen LogP contribution is -2.42. The number of methoxy groups -OCH3 is 1. The highest BCUT2D eigenvalue weighted by Gasteiger charge is 2.36. The van der Waals surface area contributed by atoms with Gasteiger partial charge in [-0.25, -0.2) is 0 Å². The second kappa shape index (κ2) is 7.52. The van der Waals surface area contributed by atoms with Crippen LogP contribution in [0.3, 0.4) is 0 Å². The summed E-state index contributed by atoms with van der Waals surface area (Å²) in [5, 5.41) is 20.6. The zero-order valence-electron chi connectivity index (χ0n) is 12.4. The third-order valence-electron chi connectivity index (χ3n) is 3.19. The van der Waals surface area contributed by atoms with Crippen LogP contribution in [0, 0.1) is 5.41 Å². The Morgan fingerprint density at radius 1 is 1.22 bits per heavy atom. The molecule has 3 N–H and O–H groups in total. The summed E-state index contributed by atoms with van der Waals surface area (Å²) >= 11 is 11.9. The van der Waals surface area contributed by atoms with Gasteiger partial charge in [-0.2, -0.15) is 0 Å². The highest BCUT2D eigenvalue weighted by molar-refractivity contribution is 6.37. The summed E-state index contributed by atoms with van der Waals surface area (Å²) in [5.41, 5.74) is -1.72. The van der Waals surface area contributed by atoms with Gasteiger partial charge in [-0.05, 0) is 19.1 Å². The van der Waals surface area contributed by atoms with Crippen molar-refractivity contribution in [3.63, 3.8) is 0 Å². The lowest BCUT2D eigenvalue weighted by atomic mass is 9.86. The molecule has 9 heteroatoms. The summed E-state index contributed by atoms with van der Waals surface area (Å²) in [6.07, 6.45) is -0.650. The van der Waals surface area contributed by atoms with Gasteiger partial charge in [0.15, 0.2) is 5.75 Å². The summed E-state index contributed by atoms with van der Waals surface area (Å²) in [5.74, 6) is -3.30. The predicted molar refractivity (Wildman–Crippen MR) is 83.3 cm³/mol. The van der Waals surface area contributed by atoms with E-state index < -0.39 is 36.2 Å². The SMILES string of the molecule is COc1c(Cl)ccc(Cl)c1C(=O)NCC(C)(CC(=O)O)C(=O)O. The Labute approximate surface area is 142 Å². The Morgan fingerprint density at radius 2 is 1.78 bits per heavy atom. The molecule has 0 aliphatic heterocycles. The van der Waals surface area contributed by atoms with E-state index in [9.17, 15) is 19.5 Å². The second-order valence-corrected chi connectivity index (χ2v) is 5.87. The topological polar surface area (TPSA) is 113 Å². The van der Waals surface area contributed by atoms with Crippen molar-refractivity contribution in [1.29, 1.82) is 0 Å². The first kappa shape index (κ1) is 19.1. The number of carboxylic acids is 2. The minimum atomic E-state index is -1.67. The number of hydrogen-bond acceptors (Lipinski definition) is 4. The van der Waals surface area contributed by atoms with Gasteiger partial charge >= 0.3 is 11.9 Å². The van der Waals surface area contributed by atoms with E-state index in [2.05, 4.69) is 5.32 Å². The van der Waals surface area contributed by atoms with Crippen LogP contribution in [0.4, 0.5) is 0 Å². The van der Waals surface area contributed by atoms with E-state index in [1.165, 1.54) is 26.2 Å². The fourth-order valence-electron chi connectivity index (χ4n) is 1.86. The Hall–Kier alpha value is -1.99. The maximum Gasteiger partial charge on any atom is 0.311 e. The van der Waals surface area contributed by atoms with Gasteiger partial charge in [-0.3, -0.25) is 14.4 Å². The van der Waals surface area contributed by atoms with Gasteiger partial charge in [-0.1, -0.05) is 23.2 Å². The zero-order valence-corrected chi connectivity index (χ0v) is 13.9. The first-order valence-corrected chi connectivity index (χ1v) is 7.13. The van der Waals surface area contributed by atoms with Crippen molar-refractivity contribution in [3.8, 4) is 5.75 Å². The molecule has 0 aliphatic carbocycles. The molecular formula is C14H15Cl2NO6. The molecule has 1 unspecified atom stereocenters. The largest absolute Gasteiger partial charge is 0.494 e. The van der Waals surface area contributed by atoms with Gasteiger partial charge in [0.1, 0.15) is 5.56 Å². The Bertz CT molecular complexity index is 648. The monoisotopic (exact) mass is 363 g/mol. The Balaban J connectivity index is 3.03. The number of carboxylic acid groups (broad SMARTS) is 2. The van der Waals surface area contributed by atoms with Gasteiger partial charge in [-0.15, -0.1) is 0 Å². The van der Waals surface area contributed by atoms with Crippen LogP contribution in [0.25, 0.3) is 0 Å². The second-order valence-electron chi connectivity index (χ2n) is 5.06. The first-order valence-electron chi connectivity index (χ1n) is 6.37. The molecule has 1 aromatic rings. The molecule has 0 saturated carbocycles. The van der Waals surface area contributed by atoms with Crippen molar-refractivity contribution in [1.82, 2.24) is 5.32 Å². The Kier molecular flexibility index (Phi) is 6.23. The van der Waals surface area contributed by atoms with Crippen LogP contribution in [0.2, 0.25) is 10.0 Å². The van der Waals surface area contributed by atoms with Crippen LogP contribution in [0.5, 0.6) is 5.75 Å². The van der Waals surface area contributed by atoms with Gasteiger partial charge in [0.2, 0.25) is 0 Å². The average molecular weight is 364 g/mol. The lowest BCUT2D eigenvalue weighted by Gasteiger charge is -2.23. The van der Waals surface area contributed by atoms with Crippen molar-refractivity contribution < 1.29 is 29.3 Å². The maximum atomic E-state index is 12.3. The van der Waals surface area contributed by atoms with E-state index in [-0.39, 0.29) is 21.4 Å². The first-order chi connectivity index (χ1) is 10.6. The summed E-state index contributed by atoms with van der Waals surface area (Å²) in [6, 6.07) is 2.85. The van der Waals surface area contributed by atoms with Crippen LogP contribution >= 0.6 is 23.2 Å². The van der Waals surface area contributed by atoms with Crippen LogP contribution in [0.1, 0.15) is 23.7 Å². The van der Waals surface area contributed by atoms with Crippen LogP contribution in [0.15, 0.2) is 12.1 Å². The van der Waals surface area contributed by atoms with Crippen molar-refractivity contribution in [2.75, 3.05) is 13.7 Å². The maximum absolute atomic E-state index is 12.3. The standard InChI is InChI=1S/C14H15Cl2NO6/c1-14(13(21)22,5-9(18)19)6-17-12(20)10-7(15)3-4-8(16)11(10)23-2/h3-4H,5-6H2,1-2H3,(H,17,20)(H,18,19)(H,21,22). The molecule has 1 aromatic carbocycles. The summed E-state index contributed by atoms with van der Waals surface area (Å²) < 4.78 is 5.03. The normalized spacial score (nSPS) is 13.0. The van der Waals surface area contributed by atoms with Crippen LogP contribution in [-0.2, 0) is 9.59 Å². The van der Waals surface area contributed by atoms with Gasteiger partial charge in [0.05, 0.1) is 29.0 Å². The number of nitrogens with one attached hydrogen (secondary N) is 1. The number of carbonyl (C=O) groups excluding carboxylic acids is 1. The molecule has 1 atom stereocenters. The van der Waals surface area contributed by atoms with Crippen molar-refractivity contribution in [2.45, 2.75) is 13.3 Å². The number of aliphatic carboxylic acids is 2. The molecule has 0 radical (unpaired) electrons. The molecule has 0 fully saturated rings. The van der Waals surface area contributed by atoms with Crippen molar-refractivity contribution in [3.05, 3.63) is 27.7 Å². The van der Waals surface area contributed by atoms with Crippen molar-refractivity contribution in [2.24, 2.45) is 5.41 Å². The molecule has 0 spiro atoms. The molecule has 126 valence electrons. The molecule has 1 rings (SSSR count). The van der Waals surface area contributed by atoms with E-state index in [0.29, 0.717) is 0 Å². The fraction of sp³-hybridized carbons (Fsp3) is 0.357. The lowest BCUT2D eigenvalue weighted by molar-refractivity contribution is -0.154. The Morgan fingerprint density at radius 3 is 2.26 bits per heavy atom. The fourth-order valence-corrected chi connectivity index (χ4v) is 2.32. The molecule has 0 bridgehead atoms. The van der Waals surface area contributed by atoms with Crippen LogP contribution in [-0.4, -0.2) is 41.7 Å². The molecule has 7 nitrogen and oxygen atoms in total. The predicted octanol–water partition coefficient (Wildman–Crippen LogP) is 2.30. The summed E-state index contributed by atoms with van der Waals surface area (Å²) in [7, 11) is 1.31. The number of ether oxygens (including phenoxy) is 1. The molecule has 0 aromatic heterocycles. The van der Waals surface area contributed by atoms with Gasteiger partial charge < -0.3 is 20.3 Å². The smallest absolute Gasteiger partial charge is 0.311 e. The van der Waals surface area contributed by atoms with E-state index in [4.69, 9.17) is 33.0 Å². The zero-order chi connectivity index (χ0) is 17.8. The highest BCUT2D eigenvalue weighted by atomic mass is 35.5. The molecule has 1 amide bonds. The molecule has 0 saturated heterocycles. The van der Waals surface area contributed by atoms with Crippen molar-refractivity contribution >= 4 is 41.0 Å². The molecular weight excluding hydrogens is 349 g/mol.